The molecule has 0 fully saturated rings. The first-order valence-corrected chi connectivity index (χ1v) is 8.75. The predicted molar refractivity (Wildman–Crippen MR) is 94.9 cm³/mol. The molecule has 0 amide bonds. The summed E-state index contributed by atoms with van der Waals surface area (Å²) in [6, 6.07) is 4.39. The van der Waals surface area contributed by atoms with Crippen LogP contribution in [0.1, 0.15) is 10.4 Å². The highest BCUT2D eigenvalue weighted by Gasteiger charge is 2.30. The summed E-state index contributed by atoms with van der Waals surface area (Å²) in [5, 5.41) is 2.10. The quantitative estimate of drug-likeness (QED) is 0.142. The third kappa shape index (κ3) is 4.20. The number of hydrogen-bond donors (Lipinski definition) is 1. The number of rotatable bonds is 4. The Morgan fingerprint density at radius 1 is 0.742 bits per heavy atom. The largest absolute Gasteiger partial charge is 0.416 e. The second kappa shape index (κ2) is 8.53. The Morgan fingerprint density at radius 2 is 1.32 bits per heavy atom. The molecule has 1 N–H and O–H groups in total. The first-order chi connectivity index (χ1) is 14.5. The smallest absolute Gasteiger partial charge is 0.345 e. The van der Waals surface area contributed by atoms with Gasteiger partial charge in [0.05, 0.1) is 16.9 Å². The molecule has 3 aromatic carbocycles. The number of halogens is 9. The molecule has 12 heteroatoms. The Labute approximate surface area is 176 Å². The van der Waals surface area contributed by atoms with Crippen molar-refractivity contribution in [2.75, 3.05) is 5.32 Å². The van der Waals surface area contributed by atoms with Crippen LogP contribution in [0.15, 0.2) is 34.8 Å². The lowest BCUT2D eigenvalue weighted by Gasteiger charge is -2.14. The molecule has 0 aliphatic rings. The molecule has 0 radical (unpaired) electrons. The van der Waals surface area contributed by atoms with Gasteiger partial charge in [-0.3, -0.25) is 0 Å². The average molecular weight is 512 g/mol. The van der Waals surface area contributed by atoms with E-state index < -0.39 is 75.2 Å². The fraction of sp³-hybridized carbons (Fsp3) is 0. The van der Waals surface area contributed by atoms with Gasteiger partial charge in [-0.25, -0.2) is 31.1 Å². The molecule has 0 aliphatic heterocycles. The maximum Gasteiger partial charge on any atom is 0.345 e. The molecule has 0 spiro atoms. The lowest BCUT2D eigenvalue weighted by Crippen LogP contribution is -2.16. The monoisotopic (exact) mass is 511 g/mol. The molecule has 3 aromatic rings. The van der Waals surface area contributed by atoms with Crippen LogP contribution in [-0.2, 0) is 0 Å². The number of carbonyl (C=O) groups excluding carboxylic acids is 1. The van der Waals surface area contributed by atoms with Gasteiger partial charge in [0, 0.05) is 4.47 Å². The summed E-state index contributed by atoms with van der Waals surface area (Å²) in [7, 11) is 0. The minimum atomic E-state index is -2.49. The predicted octanol–water partition coefficient (Wildman–Crippen LogP) is 6.52. The van der Waals surface area contributed by atoms with Gasteiger partial charge in [-0.15, -0.1) is 0 Å². The molecule has 0 unspecified atom stereocenters. The summed E-state index contributed by atoms with van der Waals surface area (Å²) in [6.45, 7) is 0. The van der Waals surface area contributed by atoms with Crippen molar-refractivity contribution >= 4 is 33.3 Å². The highest BCUT2D eigenvalue weighted by atomic mass is 79.9. The zero-order valence-electron chi connectivity index (χ0n) is 14.6. The van der Waals surface area contributed by atoms with E-state index in [1.807, 2.05) is 0 Å². The number of benzene rings is 3. The van der Waals surface area contributed by atoms with Gasteiger partial charge in [0.25, 0.3) is 0 Å². The van der Waals surface area contributed by atoms with Crippen molar-refractivity contribution in [2.24, 2.45) is 0 Å². The summed E-state index contributed by atoms with van der Waals surface area (Å²) in [5.41, 5.74) is -2.36. The highest BCUT2D eigenvalue weighted by molar-refractivity contribution is 9.10. The van der Waals surface area contributed by atoms with Crippen LogP contribution >= 0.6 is 15.9 Å². The van der Waals surface area contributed by atoms with Crippen molar-refractivity contribution in [1.82, 2.24) is 0 Å². The number of esters is 1. The van der Waals surface area contributed by atoms with E-state index in [4.69, 9.17) is 0 Å². The van der Waals surface area contributed by atoms with Crippen LogP contribution in [0.5, 0.6) is 5.75 Å². The topological polar surface area (TPSA) is 38.3 Å². The summed E-state index contributed by atoms with van der Waals surface area (Å²) >= 11 is 2.98. The van der Waals surface area contributed by atoms with E-state index in [2.05, 4.69) is 26.0 Å². The molecule has 0 atom stereocenters. The van der Waals surface area contributed by atoms with Crippen LogP contribution in [0, 0.1) is 46.5 Å². The summed E-state index contributed by atoms with van der Waals surface area (Å²) in [4.78, 5) is 12.3. The molecular formula is C19H6BrF8NO2. The zero-order chi connectivity index (χ0) is 23.0. The zero-order valence-corrected chi connectivity index (χ0v) is 16.2. The number of hydrogen-bond acceptors (Lipinski definition) is 3. The van der Waals surface area contributed by atoms with E-state index in [1.165, 1.54) is 6.07 Å². The van der Waals surface area contributed by atoms with Gasteiger partial charge in [0.1, 0.15) is 5.82 Å². The lowest BCUT2D eigenvalue weighted by atomic mass is 10.1. The SMILES string of the molecule is O=C(Oc1c(F)c(F)c(F)c(F)c1F)c1ccc(F)c(F)c1Nc1ccc(Br)cc1F. The highest BCUT2D eigenvalue weighted by Crippen LogP contribution is 2.33. The van der Waals surface area contributed by atoms with Gasteiger partial charge < -0.3 is 10.1 Å². The molecule has 3 rings (SSSR count). The third-order valence-electron chi connectivity index (χ3n) is 3.87. The molecule has 0 aromatic heterocycles. The van der Waals surface area contributed by atoms with Crippen LogP contribution < -0.4 is 10.1 Å². The van der Waals surface area contributed by atoms with Crippen molar-refractivity contribution in [1.29, 1.82) is 0 Å². The number of nitrogens with one attached hydrogen (secondary N) is 1. The van der Waals surface area contributed by atoms with E-state index in [-0.39, 0.29) is 0 Å². The van der Waals surface area contributed by atoms with Crippen molar-refractivity contribution in [3.8, 4) is 5.75 Å². The van der Waals surface area contributed by atoms with Gasteiger partial charge in [0.2, 0.25) is 34.8 Å². The molecule has 0 heterocycles. The standard InChI is InChI=1S/C19H6BrF8NO2/c20-6-1-4-10(9(22)5-6)29-17-7(2-3-8(21)11(17)23)19(30)31-18-15(27)13(25)12(24)14(26)16(18)28/h1-5,29H. The van der Waals surface area contributed by atoms with Crippen LogP contribution in [0.25, 0.3) is 0 Å². The molecule has 0 saturated carbocycles. The Morgan fingerprint density at radius 3 is 1.90 bits per heavy atom. The Hall–Kier alpha value is -3.15. The van der Waals surface area contributed by atoms with Crippen LogP contribution in [0.4, 0.5) is 46.5 Å². The van der Waals surface area contributed by atoms with Crippen molar-refractivity contribution < 1.29 is 44.7 Å². The van der Waals surface area contributed by atoms with Crippen LogP contribution in [0.3, 0.4) is 0 Å². The Bertz CT molecular complexity index is 1190. The first-order valence-electron chi connectivity index (χ1n) is 7.96. The maximum absolute atomic E-state index is 14.3. The first kappa shape index (κ1) is 22.5. The summed E-state index contributed by atoms with van der Waals surface area (Å²) in [5.74, 6) is -20.1. The van der Waals surface area contributed by atoms with E-state index >= 15 is 0 Å². The number of carbonyl (C=O) groups is 1. The summed E-state index contributed by atoms with van der Waals surface area (Å²) < 4.78 is 114. The van der Waals surface area contributed by atoms with Crippen LogP contribution in [0.2, 0.25) is 0 Å². The lowest BCUT2D eigenvalue weighted by molar-refractivity contribution is 0.0716. The van der Waals surface area contributed by atoms with Gasteiger partial charge >= 0.3 is 5.97 Å². The van der Waals surface area contributed by atoms with Gasteiger partial charge in [0.15, 0.2) is 11.6 Å². The average Bonchev–Trinajstić information content (AvgIpc) is 2.73. The maximum atomic E-state index is 14.3. The Kier molecular flexibility index (Phi) is 6.20. The molecule has 0 saturated heterocycles. The van der Waals surface area contributed by atoms with Crippen molar-refractivity contribution in [3.05, 3.63) is 86.9 Å². The fourth-order valence-corrected chi connectivity index (χ4v) is 2.72. The van der Waals surface area contributed by atoms with E-state index in [0.717, 1.165) is 12.1 Å². The molecule has 0 aliphatic carbocycles. The molecule has 3 nitrogen and oxygen atoms in total. The minimum Gasteiger partial charge on any atom is -0.416 e. The molecule has 162 valence electrons. The second-order valence-corrected chi connectivity index (χ2v) is 6.74. The van der Waals surface area contributed by atoms with Gasteiger partial charge in [-0.1, -0.05) is 15.9 Å². The second-order valence-electron chi connectivity index (χ2n) is 5.82. The van der Waals surface area contributed by atoms with Crippen molar-refractivity contribution in [2.45, 2.75) is 0 Å². The van der Waals surface area contributed by atoms with Crippen LogP contribution in [-0.4, -0.2) is 5.97 Å². The molecule has 0 bridgehead atoms. The third-order valence-corrected chi connectivity index (χ3v) is 4.36. The van der Waals surface area contributed by atoms with Crippen molar-refractivity contribution in [3.63, 3.8) is 0 Å². The number of anilines is 2. The van der Waals surface area contributed by atoms with E-state index in [9.17, 15) is 39.9 Å². The van der Waals surface area contributed by atoms with E-state index in [1.54, 1.807) is 0 Å². The molecule has 31 heavy (non-hydrogen) atoms. The number of ether oxygens (including phenoxy) is 1. The fourth-order valence-electron chi connectivity index (χ4n) is 2.39. The van der Waals surface area contributed by atoms with Gasteiger partial charge in [-0.05, 0) is 30.3 Å². The normalized spacial score (nSPS) is 10.9. The van der Waals surface area contributed by atoms with E-state index in [0.29, 0.717) is 16.6 Å². The molecular weight excluding hydrogens is 506 g/mol. The van der Waals surface area contributed by atoms with Gasteiger partial charge in [-0.2, -0.15) is 8.78 Å². The summed E-state index contributed by atoms with van der Waals surface area (Å²) in [6.07, 6.45) is 0. The minimum absolute atomic E-state index is 0.293. The Balaban J connectivity index is 2.06.